The van der Waals surface area contributed by atoms with Crippen molar-refractivity contribution in [3.63, 3.8) is 0 Å². The van der Waals surface area contributed by atoms with Crippen LogP contribution in [0.25, 0.3) is 0 Å². The van der Waals surface area contributed by atoms with Crippen LogP contribution < -0.4 is 10.2 Å². The highest BCUT2D eigenvalue weighted by Crippen LogP contribution is 2.21. The first kappa shape index (κ1) is 24.5. The molecule has 1 N–H and O–H groups in total. The predicted octanol–water partition coefficient (Wildman–Crippen LogP) is 6.04. The van der Waals surface area contributed by atoms with Gasteiger partial charge in [-0.05, 0) is 73.5 Å². The fourth-order valence-electron chi connectivity index (χ4n) is 3.92. The molecule has 3 aromatic carbocycles. The third kappa shape index (κ3) is 7.16. The van der Waals surface area contributed by atoms with Crippen LogP contribution in [0.15, 0.2) is 82.4 Å². The number of benzene rings is 3. The Morgan fingerprint density at radius 2 is 1.71 bits per heavy atom. The number of ether oxygens (including phenoxy) is 1. The van der Waals surface area contributed by atoms with E-state index in [0.29, 0.717) is 6.61 Å². The Labute approximate surface area is 213 Å². The van der Waals surface area contributed by atoms with Gasteiger partial charge in [-0.2, -0.15) is 5.10 Å². The zero-order valence-electron chi connectivity index (χ0n) is 18.8. The third-order valence-electron chi connectivity index (χ3n) is 5.88. The Bertz CT molecular complexity index is 1110. The molecule has 0 bridgehead atoms. The number of amides is 1. The second-order valence-corrected chi connectivity index (χ2v) is 9.72. The number of rotatable bonds is 8. The smallest absolute Gasteiger partial charge is 0.243 e. The molecule has 0 aromatic heterocycles. The molecule has 4 rings (SSSR count). The second-order valence-electron chi connectivity index (χ2n) is 8.36. The molecule has 5 nitrogen and oxygen atoms in total. The highest BCUT2D eigenvalue weighted by atomic mass is 79.9. The zero-order chi connectivity index (χ0) is 23.8. The summed E-state index contributed by atoms with van der Waals surface area (Å²) in [5, 5.41) is 4.95. The number of piperidine rings is 1. The van der Waals surface area contributed by atoms with Crippen LogP contribution in [0.2, 0.25) is 5.02 Å². The minimum atomic E-state index is -0.0318. The van der Waals surface area contributed by atoms with E-state index in [4.69, 9.17) is 16.3 Å². The summed E-state index contributed by atoms with van der Waals surface area (Å²) in [7, 11) is 0. The number of nitrogens with zero attached hydrogens (tertiary/aromatic N) is 2. The molecule has 3 aromatic rings. The number of carbonyl (C=O) groups is 1. The lowest BCUT2D eigenvalue weighted by Crippen LogP contribution is -2.39. The first-order chi connectivity index (χ1) is 16.6. The van der Waals surface area contributed by atoms with Gasteiger partial charge in [0.25, 0.3) is 0 Å². The number of halogens is 2. The summed E-state index contributed by atoms with van der Waals surface area (Å²) in [6.07, 6.45) is 3.29. The molecule has 1 aliphatic rings. The van der Waals surface area contributed by atoms with Gasteiger partial charge in [0, 0.05) is 27.5 Å². The molecule has 1 amide bonds. The average molecular weight is 541 g/mol. The van der Waals surface area contributed by atoms with Crippen molar-refractivity contribution >= 4 is 39.7 Å². The Morgan fingerprint density at radius 3 is 2.44 bits per heavy atom. The van der Waals surface area contributed by atoms with Gasteiger partial charge in [0.05, 0.1) is 6.21 Å². The van der Waals surface area contributed by atoms with Crippen LogP contribution in [-0.2, 0) is 17.9 Å². The molecule has 0 atom stereocenters. The standard InChI is InChI=1S/C27H27BrClN3O2/c28-24-9-5-21(6-10-24)19-34-26-4-2-1-3-23(26)17-30-31-27(33)22-13-15-32(16-14-22)18-20-7-11-25(29)12-8-20/h1-12,17,22H,13-16,18-19H2,(H,31,33)/b30-17+. The number of hydrogen-bond acceptors (Lipinski definition) is 4. The van der Waals surface area contributed by atoms with E-state index in [9.17, 15) is 4.79 Å². The van der Waals surface area contributed by atoms with Crippen molar-refractivity contribution in [1.82, 2.24) is 10.3 Å². The van der Waals surface area contributed by atoms with Gasteiger partial charge in [-0.15, -0.1) is 0 Å². The van der Waals surface area contributed by atoms with Gasteiger partial charge in [0.15, 0.2) is 0 Å². The second kappa shape index (κ2) is 12.2. The van der Waals surface area contributed by atoms with Gasteiger partial charge in [0.2, 0.25) is 5.91 Å². The van der Waals surface area contributed by atoms with Crippen molar-refractivity contribution < 1.29 is 9.53 Å². The van der Waals surface area contributed by atoms with E-state index < -0.39 is 0 Å². The van der Waals surface area contributed by atoms with Crippen molar-refractivity contribution in [2.45, 2.75) is 26.0 Å². The van der Waals surface area contributed by atoms with Gasteiger partial charge < -0.3 is 4.74 Å². The van der Waals surface area contributed by atoms with E-state index in [1.807, 2.05) is 60.7 Å². The Balaban J connectivity index is 1.25. The fourth-order valence-corrected chi connectivity index (χ4v) is 4.31. The molecule has 0 unspecified atom stereocenters. The van der Waals surface area contributed by atoms with Crippen molar-refractivity contribution in [3.05, 3.63) is 99.0 Å². The normalized spacial score (nSPS) is 14.9. The SMILES string of the molecule is O=C(N/N=C/c1ccccc1OCc1ccc(Br)cc1)C1CCN(Cc2ccc(Cl)cc2)CC1. The topological polar surface area (TPSA) is 53.9 Å². The maximum absolute atomic E-state index is 12.6. The van der Waals surface area contributed by atoms with Gasteiger partial charge in [-0.25, -0.2) is 5.43 Å². The minimum absolute atomic E-state index is 0.0254. The maximum atomic E-state index is 12.6. The van der Waals surface area contributed by atoms with E-state index in [0.717, 1.165) is 58.8 Å². The molecule has 0 spiro atoms. The van der Waals surface area contributed by atoms with Gasteiger partial charge in [-0.1, -0.05) is 63.9 Å². The van der Waals surface area contributed by atoms with E-state index in [-0.39, 0.29) is 11.8 Å². The lowest BCUT2D eigenvalue weighted by Gasteiger charge is -2.30. The molecule has 0 aliphatic carbocycles. The van der Waals surface area contributed by atoms with Gasteiger partial charge in [0.1, 0.15) is 12.4 Å². The summed E-state index contributed by atoms with van der Waals surface area (Å²) in [4.78, 5) is 15.0. The molecule has 176 valence electrons. The minimum Gasteiger partial charge on any atom is -0.488 e. The average Bonchev–Trinajstić information content (AvgIpc) is 2.86. The first-order valence-corrected chi connectivity index (χ1v) is 12.5. The summed E-state index contributed by atoms with van der Waals surface area (Å²) in [6.45, 7) is 3.11. The van der Waals surface area contributed by atoms with E-state index >= 15 is 0 Å². The molecule has 1 fully saturated rings. The Kier molecular flexibility index (Phi) is 8.74. The highest BCUT2D eigenvalue weighted by molar-refractivity contribution is 9.10. The summed E-state index contributed by atoms with van der Waals surface area (Å²) in [5.74, 6) is 0.664. The Morgan fingerprint density at radius 1 is 1.03 bits per heavy atom. The molecular formula is C27H27BrClN3O2. The molecule has 1 saturated heterocycles. The van der Waals surface area contributed by atoms with Crippen LogP contribution in [0.1, 0.15) is 29.5 Å². The van der Waals surface area contributed by atoms with Crippen molar-refractivity contribution in [1.29, 1.82) is 0 Å². The lowest BCUT2D eigenvalue weighted by molar-refractivity contribution is -0.126. The summed E-state index contributed by atoms with van der Waals surface area (Å²) < 4.78 is 7.01. The van der Waals surface area contributed by atoms with Crippen molar-refractivity contribution in [2.75, 3.05) is 13.1 Å². The summed E-state index contributed by atoms with van der Waals surface area (Å²) in [6, 6.07) is 23.6. The molecule has 0 radical (unpaired) electrons. The molecule has 0 saturated carbocycles. The fraction of sp³-hybridized carbons (Fsp3) is 0.259. The molecule has 1 heterocycles. The Hall–Kier alpha value is -2.67. The van der Waals surface area contributed by atoms with Gasteiger partial charge >= 0.3 is 0 Å². The number of carbonyl (C=O) groups excluding carboxylic acids is 1. The number of hydrogen-bond donors (Lipinski definition) is 1. The maximum Gasteiger partial charge on any atom is 0.243 e. The zero-order valence-corrected chi connectivity index (χ0v) is 21.1. The van der Waals surface area contributed by atoms with Crippen LogP contribution in [0.4, 0.5) is 0 Å². The van der Waals surface area contributed by atoms with Crippen LogP contribution in [-0.4, -0.2) is 30.1 Å². The van der Waals surface area contributed by atoms with Crippen LogP contribution in [0.5, 0.6) is 5.75 Å². The number of likely N-dealkylation sites (tertiary alicyclic amines) is 1. The van der Waals surface area contributed by atoms with E-state index in [1.54, 1.807) is 6.21 Å². The summed E-state index contributed by atoms with van der Waals surface area (Å²) >= 11 is 9.41. The number of para-hydroxylation sites is 1. The third-order valence-corrected chi connectivity index (χ3v) is 6.66. The van der Waals surface area contributed by atoms with Gasteiger partial charge in [-0.3, -0.25) is 9.69 Å². The molecule has 7 heteroatoms. The van der Waals surface area contributed by atoms with E-state index in [1.165, 1.54) is 5.56 Å². The van der Waals surface area contributed by atoms with Crippen LogP contribution in [0.3, 0.4) is 0 Å². The highest BCUT2D eigenvalue weighted by Gasteiger charge is 2.24. The molecule has 1 aliphatic heterocycles. The number of nitrogens with one attached hydrogen (secondary N) is 1. The van der Waals surface area contributed by atoms with Crippen molar-refractivity contribution in [3.8, 4) is 5.75 Å². The number of hydrazone groups is 1. The monoisotopic (exact) mass is 539 g/mol. The largest absolute Gasteiger partial charge is 0.488 e. The predicted molar refractivity (Wildman–Crippen MR) is 140 cm³/mol. The molecular weight excluding hydrogens is 514 g/mol. The molecule has 34 heavy (non-hydrogen) atoms. The van der Waals surface area contributed by atoms with E-state index in [2.05, 4.69) is 43.5 Å². The quantitative estimate of drug-likeness (QED) is 0.280. The lowest BCUT2D eigenvalue weighted by atomic mass is 9.96. The first-order valence-electron chi connectivity index (χ1n) is 11.3. The van der Waals surface area contributed by atoms with Crippen LogP contribution >= 0.6 is 27.5 Å². The van der Waals surface area contributed by atoms with Crippen LogP contribution in [0, 0.1) is 5.92 Å². The summed E-state index contributed by atoms with van der Waals surface area (Å²) in [5.41, 5.74) is 5.84. The van der Waals surface area contributed by atoms with Crippen molar-refractivity contribution in [2.24, 2.45) is 11.0 Å².